The second-order valence-corrected chi connectivity index (χ2v) is 4.74. The SMILES string of the molecule is O=c1c(Br)cccc(Br)c1OCC(O)CO. The van der Waals surface area contributed by atoms with Gasteiger partial charge in [0.2, 0.25) is 5.43 Å². The van der Waals surface area contributed by atoms with Gasteiger partial charge in [-0.25, -0.2) is 0 Å². The molecule has 6 heteroatoms. The highest BCUT2D eigenvalue weighted by atomic mass is 79.9. The maximum absolute atomic E-state index is 11.7. The summed E-state index contributed by atoms with van der Waals surface area (Å²) in [5.74, 6) is 0.101. The molecule has 0 saturated carbocycles. The van der Waals surface area contributed by atoms with Crippen molar-refractivity contribution in [3.05, 3.63) is 37.4 Å². The molecule has 0 bridgehead atoms. The molecule has 88 valence electrons. The van der Waals surface area contributed by atoms with Crippen molar-refractivity contribution in [2.75, 3.05) is 13.2 Å². The molecular weight excluding hydrogens is 344 g/mol. The van der Waals surface area contributed by atoms with Gasteiger partial charge in [0.15, 0.2) is 5.75 Å². The Morgan fingerprint density at radius 3 is 2.56 bits per heavy atom. The molecule has 1 rings (SSSR count). The Kier molecular flexibility index (Phi) is 5.40. The number of aliphatic hydroxyl groups excluding tert-OH is 2. The van der Waals surface area contributed by atoms with Crippen molar-refractivity contribution >= 4 is 31.9 Å². The van der Waals surface area contributed by atoms with Crippen LogP contribution < -0.4 is 10.2 Å². The molecule has 0 radical (unpaired) electrons. The molecule has 1 unspecified atom stereocenters. The van der Waals surface area contributed by atoms with Crippen molar-refractivity contribution in [3.8, 4) is 5.75 Å². The van der Waals surface area contributed by atoms with Crippen LogP contribution in [-0.2, 0) is 0 Å². The van der Waals surface area contributed by atoms with Crippen LogP contribution in [0.4, 0.5) is 0 Å². The van der Waals surface area contributed by atoms with Gasteiger partial charge < -0.3 is 14.9 Å². The molecular formula is C10H10Br2O4. The van der Waals surface area contributed by atoms with Crippen molar-refractivity contribution in [2.45, 2.75) is 6.10 Å². The fraction of sp³-hybridized carbons (Fsp3) is 0.300. The quantitative estimate of drug-likeness (QED) is 0.856. The van der Waals surface area contributed by atoms with Crippen LogP contribution >= 0.6 is 31.9 Å². The molecule has 0 spiro atoms. The predicted molar refractivity (Wildman–Crippen MR) is 66.7 cm³/mol. The van der Waals surface area contributed by atoms with Crippen LogP contribution in [0.1, 0.15) is 0 Å². The van der Waals surface area contributed by atoms with E-state index in [2.05, 4.69) is 31.9 Å². The summed E-state index contributed by atoms with van der Waals surface area (Å²) in [7, 11) is 0. The molecule has 16 heavy (non-hydrogen) atoms. The average molecular weight is 354 g/mol. The molecule has 2 N–H and O–H groups in total. The number of halogens is 2. The number of hydrogen-bond donors (Lipinski definition) is 2. The third kappa shape index (κ3) is 3.55. The van der Waals surface area contributed by atoms with Crippen LogP contribution in [0.5, 0.6) is 5.75 Å². The van der Waals surface area contributed by atoms with Crippen LogP contribution in [0.15, 0.2) is 31.9 Å². The van der Waals surface area contributed by atoms with Crippen LogP contribution in [-0.4, -0.2) is 29.5 Å². The Morgan fingerprint density at radius 2 is 1.94 bits per heavy atom. The fourth-order valence-electron chi connectivity index (χ4n) is 0.952. The summed E-state index contributed by atoms with van der Waals surface area (Å²) in [6, 6.07) is 4.94. The van der Waals surface area contributed by atoms with Crippen LogP contribution in [0.3, 0.4) is 0 Å². The van der Waals surface area contributed by atoms with E-state index >= 15 is 0 Å². The highest BCUT2D eigenvalue weighted by molar-refractivity contribution is 9.11. The molecule has 0 amide bonds. The zero-order chi connectivity index (χ0) is 12.1. The van der Waals surface area contributed by atoms with E-state index in [9.17, 15) is 4.79 Å². The molecule has 0 heterocycles. The molecule has 0 saturated heterocycles. The lowest BCUT2D eigenvalue weighted by Gasteiger charge is -2.09. The maximum atomic E-state index is 11.7. The topological polar surface area (TPSA) is 66.8 Å². The Morgan fingerprint density at radius 1 is 1.31 bits per heavy atom. The van der Waals surface area contributed by atoms with Crippen molar-refractivity contribution in [1.29, 1.82) is 0 Å². The van der Waals surface area contributed by atoms with Gasteiger partial charge in [-0.15, -0.1) is 0 Å². The molecule has 0 aliphatic carbocycles. The average Bonchev–Trinajstić information content (AvgIpc) is 2.38. The summed E-state index contributed by atoms with van der Waals surface area (Å²) in [6.07, 6.45) is -1.00. The number of aliphatic hydroxyl groups is 2. The van der Waals surface area contributed by atoms with Crippen molar-refractivity contribution in [1.82, 2.24) is 0 Å². The first-order valence-corrected chi connectivity index (χ1v) is 6.05. The van der Waals surface area contributed by atoms with E-state index in [1.807, 2.05) is 0 Å². The lowest BCUT2D eigenvalue weighted by atomic mass is 10.4. The highest BCUT2D eigenvalue weighted by Gasteiger charge is 2.10. The lowest BCUT2D eigenvalue weighted by Crippen LogP contribution is -2.23. The van der Waals surface area contributed by atoms with Gasteiger partial charge in [0.25, 0.3) is 0 Å². The maximum Gasteiger partial charge on any atom is 0.235 e. The molecule has 0 fully saturated rings. The molecule has 4 nitrogen and oxygen atoms in total. The molecule has 0 aromatic heterocycles. The largest absolute Gasteiger partial charge is 0.485 e. The minimum absolute atomic E-state index is 0.101. The van der Waals surface area contributed by atoms with Gasteiger partial charge in [-0.2, -0.15) is 0 Å². The highest BCUT2D eigenvalue weighted by Crippen LogP contribution is 2.21. The summed E-state index contributed by atoms with van der Waals surface area (Å²) in [4.78, 5) is 11.7. The van der Waals surface area contributed by atoms with Crippen molar-refractivity contribution in [2.24, 2.45) is 0 Å². The number of rotatable bonds is 4. The zero-order valence-electron chi connectivity index (χ0n) is 8.19. The standard InChI is InChI=1S/C10H10Br2O4/c11-7-2-1-3-8(12)10(9(7)15)16-5-6(14)4-13/h1-3,6,13-14H,4-5H2. The van der Waals surface area contributed by atoms with Gasteiger partial charge in [-0.05, 0) is 44.0 Å². The van der Waals surface area contributed by atoms with Gasteiger partial charge in [-0.1, -0.05) is 6.07 Å². The summed E-state index contributed by atoms with van der Waals surface area (Å²) in [5, 5.41) is 17.8. The summed E-state index contributed by atoms with van der Waals surface area (Å²) in [5.41, 5.74) is -0.318. The Labute approximate surface area is 109 Å². The van der Waals surface area contributed by atoms with E-state index < -0.39 is 12.7 Å². The molecule has 1 aromatic rings. The summed E-state index contributed by atoms with van der Waals surface area (Å²) >= 11 is 6.30. The first-order chi connectivity index (χ1) is 7.56. The van der Waals surface area contributed by atoms with Gasteiger partial charge in [0, 0.05) is 0 Å². The van der Waals surface area contributed by atoms with Gasteiger partial charge in [0.1, 0.15) is 12.7 Å². The van der Waals surface area contributed by atoms with Crippen molar-refractivity contribution < 1.29 is 14.9 Å². The Bertz CT molecular complexity index is 422. The van der Waals surface area contributed by atoms with E-state index in [-0.39, 0.29) is 17.8 Å². The summed E-state index contributed by atoms with van der Waals surface area (Å²) in [6.45, 7) is -0.549. The van der Waals surface area contributed by atoms with E-state index in [1.165, 1.54) is 0 Å². The molecule has 0 aliphatic rings. The fourth-order valence-corrected chi connectivity index (χ4v) is 1.73. The van der Waals surface area contributed by atoms with E-state index in [0.29, 0.717) is 8.95 Å². The van der Waals surface area contributed by atoms with Crippen LogP contribution in [0.2, 0.25) is 0 Å². The Balaban J connectivity index is 3.00. The smallest absolute Gasteiger partial charge is 0.235 e. The second-order valence-electron chi connectivity index (χ2n) is 3.03. The van der Waals surface area contributed by atoms with Crippen LogP contribution in [0, 0.1) is 0 Å². The summed E-state index contributed by atoms with van der Waals surface area (Å²) < 4.78 is 6.02. The number of hydrogen-bond acceptors (Lipinski definition) is 4. The van der Waals surface area contributed by atoms with Crippen molar-refractivity contribution in [3.63, 3.8) is 0 Å². The molecule has 0 aliphatic heterocycles. The first-order valence-electron chi connectivity index (χ1n) is 4.46. The predicted octanol–water partition coefficient (Wildman–Crippen LogP) is 1.30. The van der Waals surface area contributed by atoms with Gasteiger partial charge in [-0.3, -0.25) is 4.79 Å². The lowest BCUT2D eigenvalue weighted by molar-refractivity contribution is 0.0530. The first kappa shape index (κ1) is 13.6. The Hall–Kier alpha value is -0.430. The monoisotopic (exact) mass is 352 g/mol. The van der Waals surface area contributed by atoms with E-state index in [0.717, 1.165) is 0 Å². The normalized spacial score (nSPS) is 12.2. The minimum atomic E-state index is -1.00. The second kappa shape index (κ2) is 6.34. The number of ether oxygens (including phenoxy) is 1. The van der Waals surface area contributed by atoms with E-state index in [1.54, 1.807) is 18.2 Å². The van der Waals surface area contributed by atoms with Crippen LogP contribution in [0.25, 0.3) is 0 Å². The minimum Gasteiger partial charge on any atom is -0.485 e. The van der Waals surface area contributed by atoms with Gasteiger partial charge >= 0.3 is 0 Å². The molecule has 1 aromatic carbocycles. The third-order valence-electron chi connectivity index (χ3n) is 1.76. The van der Waals surface area contributed by atoms with E-state index in [4.69, 9.17) is 14.9 Å². The van der Waals surface area contributed by atoms with Gasteiger partial charge in [0.05, 0.1) is 15.6 Å². The molecule has 1 atom stereocenters. The zero-order valence-corrected chi connectivity index (χ0v) is 11.4. The third-order valence-corrected chi connectivity index (χ3v) is 3.00.